The second-order valence-electron chi connectivity index (χ2n) is 5.01. The molecule has 0 N–H and O–H groups in total. The van der Waals surface area contributed by atoms with Crippen LogP contribution < -0.4 is 4.74 Å². The third kappa shape index (κ3) is 4.41. The molecule has 0 aliphatic carbocycles. The molecule has 1 atom stereocenters. The minimum Gasteiger partial charge on any atom is -0.496 e. The minimum atomic E-state index is -4.56. The Morgan fingerprint density at radius 1 is 1.48 bits per heavy atom. The molecule has 116 valence electrons. The normalized spacial score (nSPS) is 19.1. The summed E-state index contributed by atoms with van der Waals surface area (Å²) in [6.45, 7) is 0.544. The third-order valence-corrected chi connectivity index (χ3v) is 4.70. The minimum absolute atomic E-state index is 0.0550. The van der Waals surface area contributed by atoms with E-state index in [1.54, 1.807) is 6.07 Å². The summed E-state index contributed by atoms with van der Waals surface area (Å²) in [5.74, 6) is -0.630. The number of halogens is 2. The van der Waals surface area contributed by atoms with E-state index < -0.39 is 21.9 Å². The fourth-order valence-electron chi connectivity index (χ4n) is 2.48. The van der Waals surface area contributed by atoms with Gasteiger partial charge in [0.2, 0.25) is 5.91 Å². The molecule has 1 aromatic rings. The van der Waals surface area contributed by atoms with Crippen LogP contribution in [-0.2, 0) is 21.6 Å². The lowest BCUT2D eigenvalue weighted by Gasteiger charge is -2.18. The number of hydrogen-bond donors (Lipinski definition) is 0. The second-order valence-corrected chi connectivity index (χ2v) is 7.33. The molecule has 0 aromatic heterocycles. The van der Waals surface area contributed by atoms with Gasteiger partial charge in [-0.2, -0.15) is 8.42 Å². The Morgan fingerprint density at radius 2 is 2.19 bits per heavy atom. The molecule has 1 amide bonds. The Kier molecular flexibility index (Phi) is 4.88. The van der Waals surface area contributed by atoms with Crippen LogP contribution in [0.4, 0.5) is 3.89 Å². The lowest BCUT2D eigenvalue weighted by atomic mass is 10.1. The van der Waals surface area contributed by atoms with Gasteiger partial charge in [0.1, 0.15) is 5.75 Å². The van der Waals surface area contributed by atoms with Crippen molar-refractivity contribution in [1.82, 2.24) is 4.90 Å². The molecule has 8 heteroatoms. The van der Waals surface area contributed by atoms with Gasteiger partial charge in [0.15, 0.2) is 0 Å². The number of methoxy groups -OCH3 is 1. The van der Waals surface area contributed by atoms with Crippen LogP contribution in [0.5, 0.6) is 5.75 Å². The molecule has 0 saturated carbocycles. The van der Waals surface area contributed by atoms with E-state index in [-0.39, 0.29) is 18.9 Å². The maximum absolute atomic E-state index is 12.7. The molecule has 1 unspecified atom stereocenters. The van der Waals surface area contributed by atoms with Gasteiger partial charge in [-0.1, -0.05) is 15.9 Å². The summed E-state index contributed by atoms with van der Waals surface area (Å²) in [5, 5.41) is 0. The first kappa shape index (κ1) is 16.2. The van der Waals surface area contributed by atoms with Crippen LogP contribution in [0, 0.1) is 5.92 Å². The van der Waals surface area contributed by atoms with Gasteiger partial charge in [-0.05, 0) is 18.2 Å². The maximum atomic E-state index is 12.7. The maximum Gasteiger partial charge on any atom is 0.302 e. The largest absolute Gasteiger partial charge is 0.496 e. The lowest BCUT2D eigenvalue weighted by Crippen LogP contribution is -2.25. The van der Waals surface area contributed by atoms with Crippen LogP contribution in [0.3, 0.4) is 0 Å². The fourth-order valence-corrected chi connectivity index (χ4v) is 3.67. The number of benzene rings is 1. The molecule has 5 nitrogen and oxygen atoms in total. The smallest absolute Gasteiger partial charge is 0.302 e. The second kappa shape index (κ2) is 6.31. The molecular weight excluding hydrogens is 365 g/mol. The SMILES string of the molecule is COc1ccc(Br)cc1CN1CC(CS(=O)(=O)F)CC1=O. The van der Waals surface area contributed by atoms with Gasteiger partial charge in [-0.15, -0.1) is 3.89 Å². The van der Waals surface area contributed by atoms with E-state index in [1.165, 1.54) is 12.0 Å². The molecule has 2 rings (SSSR count). The van der Waals surface area contributed by atoms with Crippen LogP contribution >= 0.6 is 15.9 Å². The van der Waals surface area contributed by atoms with E-state index in [0.29, 0.717) is 12.3 Å². The summed E-state index contributed by atoms with van der Waals surface area (Å²) in [7, 11) is -3.02. The number of rotatable bonds is 5. The van der Waals surface area contributed by atoms with Crippen molar-refractivity contribution in [3.05, 3.63) is 28.2 Å². The standard InChI is InChI=1S/C13H15BrFNO4S/c1-20-12-3-2-11(14)5-10(12)7-16-6-9(4-13(16)17)8-21(15,18)19/h2-3,5,9H,4,6-8H2,1H3. The third-order valence-electron chi connectivity index (χ3n) is 3.33. The topological polar surface area (TPSA) is 63.7 Å². The van der Waals surface area contributed by atoms with Crippen molar-refractivity contribution < 1.29 is 21.8 Å². The highest BCUT2D eigenvalue weighted by Gasteiger charge is 2.33. The van der Waals surface area contributed by atoms with Gasteiger partial charge in [0.25, 0.3) is 0 Å². The van der Waals surface area contributed by atoms with Crippen LogP contribution in [0.2, 0.25) is 0 Å². The van der Waals surface area contributed by atoms with Crippen molar-refractivity contribution in [2.45, 2.75) is 13.0 Å². The van der Waals surface area contributed by atoms with Crippen LogP contribution in [0.1, 0.15) is 12.0 Å². The van der Waals surface area contributed by atoms with E-state index >= 15 is 0 Å². The van der Waals surface area contributed by atoms with E-state index in [2.05, 4.69) is 15.9 Å². The van der Waals surface area contributed by atoms with E-state index in [1.807, 2.05) is 12.1 Å². The van der Waals surface area contributed by atoms with Crippen LogP contribution in [-0.4, -0.2) is 38.6 Å². The monoisotopic (exact) mass is 379 g/mol. The van der Waals surface area contributed by atoms with E-state index in [0.717, 1.165) is 10.0 Å². The van der Waals surface area contributed by atoms with Gasteiger partial charge < -0.3 is 9.64 Å². The molecular formula is C13H15BrFNO4S. The predicted molar refractivity (Wildman–Crippen MR) is 79.1 cm³/mol. The summed E-state index contributed by atoms with van der Waals surface area (Å²) < 4.78 is 40.2. The molecule has 21 heavy (non-hydrogen) atoms. The number of carbonyl (C=O) groups is 1. The van der Waals surface area contributed by atoms with Gasteiger partial charge >= 0.3 is 10.2 Å². The van der Waals surface area contributed by atoms with Crippen molar-refractivity contribution >= 4 is 32.1 Å². The zero-order valence-electron chi connectivity index (χ0n) is 11.4. The van der Waals surface area contributed by atoms with Crippen molar-refractivity contribution in [2.75, 3.05) is 19.4 Å². The van der Waals surface area contributed by atoms with Gasteiger partial charge in [0, 0.05) is 35.5 Å². The number of nitrogens with zero attached hydrogens (tertiary/aromatic N) is 1. The molecule has 0 bridgehead atoms. The zero-order chi connectivity index (χ0) is 15.6. The van der Waals surface area contributed by atoms with Gasteiger partial charge in [0.05, 0.1) is 12.9 Å². The summed E-state index contributed by atoms with van der Waals surface area (Å²) in [6.07, 6.45) is 0.0550. The molecule has 0 radical (unpaired) electrons. The molecule has 1 aliphatic rings. The Balaban J connectivity index is 2.10. The summed E-state index contributed by atoms with van der Waals surface area (Å²) in [5.41, 5.74) is 0.809. The molecule has 1 saturated heterocycles. The number of amides is 1. The molecule has 1 fully saturated rings. The van der Waals surface area contributed by atoms with E-state index in [9.17, 15) is 17.1 Å². The molecule has 1 aliphatic heterocycles. The Bertz CT molecular complexity index is 650. The Hall–Kier alpha value is -1.15. The Labute approximate surface area is 131 Å². The summed E-state index contributed by atoms with van der Waals surface area (Å²) in [4.78, 5) is 13.4. The lowest BCUT2D eigenvalue weighted by molar-refractivity contribution is -0.128. The van der Waals surface area contributed by atoms with Crippen molar-refractivity contribution in [3.8, 4) is 5.75 Å². The first-order valence-electron chi connectivity index (χ1n) is 6.31. The summed E-state index contributed by atoms with van der Waals surface area (Å²) >= 11 is 3.35. The first-order valence-corrected chi connectivity index (χ1v) is 8.65. The Morgan fingerprint density at radius 3 is 2.81 bits per heavy atom. The number of ether oxygens (including phenoxy) is 1. The van der Waals surface area contributed by atoms with Crippen molar-refractivity contribution in [2.24, 2.45) is 5.92 Å². The summed E-state index contributed by atoms with van der Waals surface area (Å²) in [6, 6.07) is 5.45. The first-order chi connectivity index (χ1) is 9.78. The predicted octanol–water partition coefficient (Wildman–Crippen LogP) is 2.11. The average Bonchev–Trinajstić information content (AvgIpc) is 2.67. The molecule has 1 aromatic carbocycles. The number of hydrogen-bond acceptors (Lipinski definition) is 4. The average molecular weight is 380 g/mol. The number of carbonyl (C=O) groups excluding carboxylic acids is 1. The van der Waals surface area contributed by atoms with Crippen molar-refractivity contribution in [3.63, 3.8) is 0 Å². The highest BCUT2D eigenvalue weighted by atomic mass is 79.9. The fraction of sp³-hybridized carbons (Fsp3) is 0.462. The van der Waals surface area contributed by atoms with Crippen LogP contribution in [0.15, 0.2) is 22.7 Å². The zero-order valence-corrected chi connectivity index (χ0v) is 13.8. The quantitative estimate of drug-likeness (QED) is 0.734. The highest BCUT2D eigenvalue weighted by molar-refractivity contribution is 9.10. The highest BCUT2D eigenvalue weighted by Crippen LogP contribution is 2.28. The van der Waals surface area contributed by atoms with Crippen molar-refractivity contribution in [1.29, 1.82) is 0 Å². The van der Waals surface area contributed by atoms with Gasteiger partial charge in [-0.25, -0.2) is 0 Å². The van der Waals surface area contributed by atoms with Gasteiger partial charge in [-0.3, -0.25) is 4.79 Å². The molecule has 0 spiro atoms. The van der Waals surface area contributed by atoms with E-state index in [4.69, 9.17) is 4.74 Å². The molecule has 1 heterocycles. The number of likely N-dealkylation sites (tertiary alicyclic amines) is 1. The van der Waals surface area contributed by atoms with Crippen LogP contribution in [0.25, 0.3) is 0 Å².